The summed E-state index contributed by atoms with van der Waals surface area (Å²) in [4.78, 5) is 44.0. The van der Waals surface area contributed by atoms with Gasteiger partial charge >= 0.3 is 11.9 Å². The molecule has 0 unspecified atom stereocenters. The summed E-state index contributed by atoms with van der Waals surface area (Å²) in [6, 6.07) is 13.7. The summed E-state index contributed by atoms with van der Waals surface area (Å²) in [5.74, 6) is -2.59. The van der Waals surface area contributed by atoms with Crippen LogP contribution in [0.15, 0.2) is 59.5 Å². The maximum Gasteiger partial charge on any atom is 0.350 e. The van der Waals surface area contributed by atoms with E-state index < -0.39 is 17.4 Å². The van der Waals surface area contributed by atoms with Gasteiger partial charge in [-0.3, -0.25) is 4.79 Å². The number of nitrogens with one attached hydrogen (secondary N) is 1. The third-order valence-electron chi connectivity index (χ3n) is 4.53. The van der Waals surface area contributed by atoms with E-state index in [0.717, 1.165) is 0 Å². The molecule has 2 aromatic heterocycles. The van der Waals surface area contributed by atoms with E-state index in [1.54, 1.807) is 55.5 Å². The fourth-order valence-electron chi connectivity index (χ4n) is 3.14. The Labute approximate surface area is 158 Å². The van der Waals surface area contributed by atoms with Crippen molar-refractivity contribution in [2.24, 2.45) is 0 Å². The number of rotatable bonds is 3. The first-order valence-corrected chi connectivity index (χ1v) is 8.42. The van der Waals surface area contributed by atoms with Crippen LogP contribution >= 0.6 is 0 Å². The van der Waals surface area contributed by atoms with Gasteiger partial charge in [-0.15, -0.1) is 0 Å². The van der Waals surface area contributed by atoms with Gasteiger partial charge in [-0.1, -0.05) is 30.3 Å². The van der Waals surface area contributed by atoms with E-state index in [0.29, 0.717) is 27.4 Å². The molecule has 0 bridgehead atoms. The summed E-state index contributed by atoms with van der Waals surface area (Å²) in [7, 11) is 0. The number of nitrogens with zero attached hydrogens (tertiary/aromatic N) is 1. The lowest BCUT2D eigenvalue weighted by Gasteiger charge is -2.11. The van der Waals surface area contributed by atoms with Crippen LogP contribution in [0.5, 0.6) is 5.88 Å². The Hall–Kier alpha value is -4.00. The SMILES string of the molecule is Cc1c(C(=O)O)c(OC(=O)c2c[nH]c3ccccc3c2=O)nc2ccccc12. The molecular weight excluding hydrogens is 360 g/mol. The second-order valence-corrected chi connectivity index (χ2v) is 6.21. The lowest BCUT2D eigenvalue weighted by molar-refractivity contribution is 0.0677. The number of aryl methyl sites for hydroxylation is 1. The number of carbonyl (C=O) groups is 2. The molecule has 0 saturated carbocycles. The maximum atomic E-state index is 12.6. The van der Waals surface area contributed by atoms with E-state index in [-0.39, 0.29) is 17.0 Å². The predicted molar refractivity (Wildman–Crippen MR) is 103 cm³/mol. The Bertz CT molecular complexity index is 1320. The second kappa shape index (κ2) is 6.62. The van der Waals surface area contributed by atoms with Crippen LogP contribution < -0.4 is 10.2 Å². The van der Waals surface area contributed by atoms with Crippen LogP contribution in [-0.4, -0.2) is 27.0 Å². The van der Waals surface area contributed by atoms with Crippen LogP contribution in [0.25, 0.3) is 21.8 Å². The van der Waals surface area contributed by atoms with Crippen molar-refractivity contribution in [1.29, 1.82) is 0 Å². The van der Waals surface area contributed by atoms with Gasteiger partial charge in [0.05, 0.1) is 5.52 Å². The fraction of sp³-hybridized carbons (Fsp3) is 0.0476. The number of aromatic amines is 1. The highest BCUT2D eigenvalue weighted by Gasteiger charge is 2.23. The molecule has 7 heteroatoms. The van der Waals surface area contributed by atoms with Crippen molar-refractivity contribution in [3.05, 3.63) is 81.6 Å². The zero-order chi connectivity index (χ0) is 19.8. The van der Waals surface area contributed by atoms with E-state index in [1.807, 2.05) is 0 Å². The Morgan fingerprint density at radius 3 is 2.46 bits per heavy atom. The number of H-pyrrole nitrogens is 1. The van der Waals surface area contributed by atoms with Crippen molar-refractivity contribution in [2.75, 3.05) is 0 Å². The molecule has 2 N–H and O–H groups in total. The first-order chi connectivity index (χ1) is 13.5. The summed E-state index contributed by atoms with van der Waals surface area (Å²) in [6.45, 7) is 1.62. The second-order valence-electron chi connectivity index (χ2n) is 6.21. The molecule has 0 spiro atoms. The zero-order valence-electron chi connectivity index (χ0n) is 14.7. The predicted octanol–water partition coefficient (Wildman–Crippen LogP) is 3.30. The molecule has 4 aromatic rings. The van der Waals surface area contributed by atoms with Gasteiger partial charge in [0, 0.05) is 22.5 Å². The lowest BCUT2D eigenvalue weighted by Crippen LogP contribution is -2.21. The number of aromatic carboxylic acids is 1. The number of fused-ring (bicyclic) bond motifs is 2. The van der Waals surface area contributed by atoms with Crippen molar-refractivity contribution >= 4 is 33.7 Å². The number of carboxylic acid groups (broad SMARTS) is 1. The molecule has 28 heavy (non-hydrogen) atoms. The first kappa shape index (κ1) is 17.4. The molecule has 2 aromatic carbocycles. The normalized spacial score (nSPS) is 10.9. The molecule has 0 aliphatic rings. The highest BCUT2D eigenvalue weighted by molar-refractivity contribution is 6.01. The van der Waals surface area contributed by atoms with Gasteiger partial charge in [0.2, 0.25) is 11.3 Å². The van der Waals surface area contributed by atoms with Crippen molar-refractivity contribution < 1.29 is 19.4 Å². The standard InChI is InChI=1S/C21H14N2O5/c1-11-12-6-2-5-9-16(12)23-19(17(11)20(25)26)28-21(27)14-10-22-15-8-4-3-7-13(15)18(14)24/h2-10H,1H3,(H,22,24)(H,25,26). The number of aromatic nitrogens is 2. The van der Waals surface area contributed by atoms with Gasteiger partial charge in [-0.2, -0.15) is 0 Å². The monoisotopic (exact) mass is 374 g/mol. The average molecular weight is 374 g/mol. The van der Waals surface area contributed by atoms with Crippen LogP contribution in [0.2, 0.25) is 0 Å². The topological polar surface area (TPSA) is 109 Å². The molecule has 0 saturated heterocycles. The zero-order valence-corrected chi connectivity index (χ0v) is 14.7. The maximum absolute atomic E-state index is 12.6. The van der Waals surface area contributed by atoms with Crippen LogP contribution in [0.1, 0.15) is 26.3 Å². The van der Waals surface area contributed by atoms with Crippen molar-refractivity contribution in [3.63, 3.8) is 0 Å². The molecule has 0 aliphatic carbocycles. The number of carboxylic acids is 1. The largest absolute Gasteiger partial charge is 0.477 e. The fourth-order valence-corrected chi connectivity index (χ4v) is 3.14. The minimum absolute atomic E-state index is 0.218. The van der Waals surface area contributed by atoms with Gasteiger partial charge in [-0.25, -0.2) is 14.6 Å². The van der Waals surface area contributed by atoms with Crippen LogP contribution in [0.3, 0.4) is 0 Å². The number of hydrogen-bond donors (Lipinski definition) is 2. The number of ether oxygens (including phenoxy) is 1. The number of esters is 1. The Balaban J connectivity index is 1.83. The number of hydrogen-bond acceptors (Lipinski definition) is 5. The van der Waals surface area contributed by atoms with Gasteiger partial charge in [0.1, 0.15) is 11.1 Å². The molecule has 0 amide bonds. The van der Waals surface area contributed by atoms with E-state index in [4.69, 9.17) is 4.74 Å². The van der Waals surface area contributed by atoms with E-state index in [2.05, 4.69) is 9.97 Å². The molecule has 0 fully saturated rings. The summed E-state index contributed by atoms with van der Waals surface area (Å²) in [5.41, 5.74) is 0.532. The van der Waals surface area contributed by atoms with Gasteiger partial charge in [0.25, 0.3) is 0 Å². The number of pyridine rings is 2. The minimum Gasteiger partial charge on any atom is -0.477 e. The molecule has 4 rings (SSSR count). The Kier molecular flexibility index (Phi) is 4.12. The van der Waals surface area contributed by atoms with Gasteiger partial charge < -0.3 is 14.8 Å². The van der Waals surface area contributed by atoms with E-state index >= 15 is 0 Å². The molecule has 0 radical (unpaired) electrons. The van der Waals surface area contributed by atoms with Crippen LogP contribution in [0, 0.1) is 6.92 Å². The Morgan fingerprint density at radius 1 is 1.04 bits per heavy atom. The van der Waals surface area contributed by atoms with Gasteiger partial charge in [0.15, 0.2) is 0 Å². The molecule has 0 atom stereocenters. The molecule has 2 heterocycles. The molecule has 7 nitrogen and oxygen atoms in total. The minimum atomic E-state index is -1.27. The number of para-hydroxylation sites is 2. The Morgan fingerprint density at radius 2 is 1.71 bits per heavy atom. The molecular formula is C21H14N2O5. The number of benzene rings is 2. The highest BCUT2D eigenvalue weighted by atomic mass is 16.5. The van der Waals surface area contributed by atoms with Crippen molar-refractivity contribution in [3.8, 4) is 5.88 Å². The summed E-state index contributed by atoms with van der Waals surface area (Å²) in [6.07, 6.45) is 1.25. The van der Waals surface area contributed by atoms with E-state index in [1.165, 1.54) is 6.20 Å². The average Bonchev–Trinajstić information content (AvgIpc) is 2.68. The third kappa shape index (κ3) is 2.79. The summed E-state index contributed by atoms with van der Waals surface area (Å²) in [5, 5.41) is 10.6. The van der Waals surface area contributed by atoms with Crippen LogP contribution in [0.4, 0.5) is 0 Å². The summed E-state index contributed by atoms with van der Waals surface area (Å²) < 4.78 is 5.26. The number of carbonyl (C=O) groups excluding carboxylic acids is 1. The third-order valence-corrected chi connectivity index (χ3v) is 4.53. The van der Waals surface area contributed by atoms with E-state index in [9.17, 15) is 19.5 Å². The highest BCUT2D eigenvalue weighted by Crippen LogP contribution is 2.28. The molecule has 138 valence electrons. The van der Waals surface area contributed by atoms with Crippen LogP contribution in [-0.2, 0) is 0 Å². The van der Waals surface area contributed by atoms with Crippen molar-refractivity contribution in [2.45, 2.75) is 6.92 Å². The summed E-state index contributed by atoms with van der Waals surface area (Å²) >= 11 is 0. The molecule has 0 aliphatic heterocycles. The lowest BCUT2D eigenvalue weighted by atomic mass is 10.0. The smallest absolute Gasteiger partial charge is 0.350 e. The van der Waals surface area contributed by atoms with Crippen molar-refractivity contribution in [1.82, 2.24) is 9.97 Å². The van der Waals surface area contributed by atoms with Gasteiger partial charge in [-0.05, 0) is 30.7 Å². The quantitative estimate of drug-likeness (QED) is 0.533. The first-order valence-electron chi connectivity index (χ1n) is 8.42.